The highest BCUT2D eigenvalue weighted by atomic mass is 16.5. The molecule has 2 aliphatic rings. The molecule has 0 spiro atoms. The molecular weight excluding hydrogens is 198 g/mol. The third-order valence-corrected chi connectivity index (χ3v) is 3.28. The average Bonchev–Trinajstić information content (AvgIpc) is 2.62. The van der Waals surface area contributed by atoms with Crippen LogP contribution in [0.4, 0.5) is 0 Å². The first kappa shape index (κ1) is 10.4. The van der Waals surface area contributed by atoms with Crippen LogP contribution >= 0.6 is 0 Å². The Kier molecular flexibility index (Phi) is 2.65. The largest absolute Gasteiger partial charge is 0.480 e. The number of ether oxygens (including phenoxy) is 1. The molecule has 1 heterocycles. The van der Waals surface area contributed by atoms with Crippen LogP contribution in [0.25, 0.3) is 0 Å². The number of amides is 1. The molecule has 1 amide bonds. The molecule has 0 aromatic carbocycles. The van der Waals surface area contributed by atoms with Gasteiger partial charge in [-0.2, -0.15) is 0 Å². The summed E-state index contributed by atoms with van der Waals surface area (Å²) in [5.74, 6) is -1.25. The van der Waals surface area contributed by atoms with Crippen molar-refractivity contribution < 1.29 is 19.4 Å². The highest BCUT2D eigenvalue weighted by Crippen LogP contribution is 2.32. The van der Waals surface area contributed by atoms with Gasteiger partial charge in [0.05, 0.1) is 12.5 Å². The summed E-state index contributed by atoms with van der Waals surface area (Å²) in [5, 5.41) is 11.7. The zero-order chi connectivity index (χ0) is 10.9. The maximum atomic E-state index is 11.7. The highest BCUT2D eigenvalue weighted by Gasteiger charge is 2.46. The predicted molar refractivity (Wildman–Crippen MR) is 51.3 cm³/mol. The Morgan fingerprint density at radius 3 is 2.53 bits per heavy atom. The lowest BCUT2D eigenvalue weighted by atomic mass is 9.76. The van der Waals surface area contributed by atoms with E-state index < -0.39 is 11.5 Å². The van der Waals surface area contributed by atoms with Crippen molar-refractivity contribution in [3.8, 4) is 0 Å². The summed E-state index contributed by atoms with van der Waals surface area (Å²) in [5.41, 5.74) is -0.986. The number of aliphatic carboxylic acids is 1. The Morgan fingerprint density at radius 1 is 1.40 bits per heavy atom. The normalized spacial score (nSPS) is 28.1. The van der Waals surface area contributed by atoms with E-state index in [2.05, 4.69) is 5.32 Å². The first-order chi connectivity index (χ1) is 7.14. The molecule has 15 heavy (non-hydrogen) atoms. The Bertz CT molecular complexity index is 279. The van der Waals surface area contributed by atoms with E-state index >= 15 is 0 Å². The number of hydrogen-bond acceptors (Lipinski definition) is 3. The second-order valence-electron chi connectivity index (χ2n) is 4.29. The molecule has 5 heteroatoms. The zero-order valence-corrected chi connectivity index (χ0v) is 8.49. The third-order valence-electron chi connectivity index (χ3n) is 3.28. The van der Waals surface area contributed by atoms with E-state index in [-0.39, 0.29) is 11.8 Å². The van der Waals surface area contributed by atoms with Gasteiger partial charge >= 0.3 is 5.97 Å². The number of carboxylic acid groups (broad SMARTS) is 1. The van der Waals surface area contributed by atoms with E-state index in [0.29, 0.717) is 32.5 Å². The van der Waals surface area contributed by atoms with E-state index in [9.17, 15) is 9.59 Å². The van der Waals surface area contributed by atoms with Gasteiger partial charge in [-0.1, -0.05) is 0 Å². The van der Waals surface area contributed by atoms with Crippen LogP contribution in [0, 0.1) is 5.92 Å². The SMILES string of the molecule is O=C(NC1(C(=O)O)CCC1)C1CCOC1. The van der Waals surface area contributed by atoms with Gasteiger partial charge in [-0.15, -0.1) is 0 Å². The molecule has 1 aliphatic heterocycles. The molecule has 1 aliphatic carbocycles. The summed E-state index contributed by atoms with van der Waals surface area (Å²) in [4.78, 5) is 22.7. The summed E-state index contributed by atoms with van der Waals surface area (Å²) in [6, 6.07) is 0. The van der Waals surface area contributed by atoms with E-state index in [1.54, 1.807) is 0 Å². The summed E-state index contributed by atoms with van der Waals surface area (Å²) in [6.07, 6.45) is 2.65. The molecule has 1 saturated heterocycles. The fourth-order valence-corrected chi connectivity index (χ4v) is 2.00. The highest BCUT2D eigenvalue weighted by molar-refractivity contribution is 5.89. The molecule has 1 unspecified atom stereocenters. The molecule has 2 N–H and O–H groups in total. The first-order valence-electron chi connectivity index (χ1n) is 5.27. The van der Waals surface area contributed by atoms with Crippen LogP contribution in [0.5, 0.6) is 0 Å². The van der Waals surface area contributed by atoms with Gasteiger partial charge in [0.25, 0.3) is 0 Å². The summed E-state index contributed by atoms with van der Waals surface area (Å²) in [6.45, 7) is 1.01. The molecule has 0 bridgehead atoms. The quantitative estimate of drug-likeness (QED) is 0.699. The number of carbonyl (C=O) groups excluding carboxylic acids is 1. The number of carbonyl (C=O) groups is 2. The minimum atomic E-state index is -0.986. The number of carboxylic acids is 1. The van der Waals surface area contributed by atoms with Crippen molar-refractivity contribution in [2.75, 3.05) is 13.2 Å². The molecule has 0 radical (unpaired) electrons. The van der Waals surface area contributed by atoms with E-state index in [0.717, 1.165) is 6.42 Å². The molecule has 2 rings (SSSR count). The van der Waals surface area contributed by atoms with Crippen LogP contribution in [0.1, 0.15) is 25.7 Å². The Labute approximate surface area is 87.8 Å². The van der Waals surface area contributed by atoms with Crippen molar-refractivity contribution in [2.24, 2.45) is 5.92 Å². The topological polar surface area (TPSA) is 75.6 Å². The third kappa shape index (κ3) is 1.84. The molecule has 0 aromatic heterocycles. The molecular formula is C10H15NO4. The van der Waals surface area contributed by atoms with Gasteiger partial charge in [0.15, 0.2) is 0 Å². The van der Waals surface area contributed by atoms with Crippen LogP contribution < -0.4 is 5.32 Å². The number of rotatable bonds is 3. The minimum Gasteiger partial charge on any atom is -0.480 e. The lowest BCUT2D eigenvalue weighted by Gasteiger charge is -2.38. The number of hydrogen-bond donors (Lipinski definition) is 2. The van der Waals surface area contributed by atoms with E-state index in [1.807, 2.05) is 0 Å². The van der Waals surface area contributed by atoms with Gasteiger partial charge < -0.3 is 15.2 Å². The van der Waals surface area contributed by atoms with Crippen LogP contribution in [0.2, 0.25) is 0 Å². The molecule has 1 atom stereocenters. The maximum Gasteiger partial charge on any atom is 0.329 e. The van der Waals surface area contributed by atoms with E-state index in [1.165, 1.54) is 0 Å². The maximum absolute atomic E-state index is 11.7. The van der Waals surface area contributed by atoms with E-state index in [4.69, 9.17) is 9.84 Å². The van der Waals surface area contributed by atoms with Gasteiger partial charge in [-0.25, -0.2) is 4.79 Å². The average molecular weight is 213 g/mol. The second kappa shape index (κ2) is 3.81. The van der Waals surface area contributed by atoms with Gasteiger partial charge in [-0.05, 0) is 25.7 Å². The van der Waals surface area contributed by atoms with Crippen molar-refractivity contribution >= 4 is 11.9 Å². The first-order valence-corrected chi connectivity index (χ1v) is 5.27. The molecule has 0 aromatic rings. The minimum absolute atomic E-state index is 0.165. The van der Waals surface area contributed by atoms with Crippen LogP contribution in [0.15, 0.2) is 0 Å². The van der Waals surface area contributed by atoms with Gasteiger partial charge in [0.2, 0.25) is 5.91 Å². The predicted octanol–water partition coefficient (Wildman–Crippen LogP) is 0.146. The number of nitrogens with one attached hydrogen (secondary N) is 1. The van der Waals surface area contributed by atoms with Gasteiger partial charge in [0, 0.05) is 6.61 Å². The second-order valence-corrected chi connectivity index (χ2v) is 4.29. The van der Waals surface area contributed by atoms with Gasteiger partial charge in [0.1, 0.15) is 5.54 Å². The summed E-state index contributed by atoms with van der Waals surface area (Å²) in [7, 11) is 0. The molecule has 1 saturated carbocycles. The Morgan fingerprint density at radius 2 is 2.13 bits per heavy atom. The molecule has 2 fully saturated rings. The van der Waals surface area contributed by atoms with Crippen LogP contribution in [0.3, 0.4) is 0 Å². The van der Waals surface area contributed by atoms with Crippen molar-refractivity contribution in [3.63, 3.8) is 0 Å². The zero-order valence-electron chi connectivity index (χ0n) is 8.49. The van der Waals surface area contributed by atoms with Crippen LogP contribution in [-0.2, 0) is 14.3 Å². The molecule has 5 nitrogen and oxygen atoms in total. The van der Waals surface area contributed by atoms with Crippen molar-refractivity contribution in [1.29, 1.82) is 0 Å². The lowest BCUT2D eigenvalue weighted by molar-refractivity contribution is -0.152. The monoisotopic (exact) mass is 213 g/mol. The van der Waals surface area contributed by atoms with Gasteiger partial charge in [-0.3, -0.25) is 4.79 Å². The van der Waals surface area contributed by atoms with Crippen molar-refractivity contribution in [3.05, 3.63) is 0 Å². The summed E-state index contributed by atoms with van der Waals surface area (Å²) < 4.78 is 5.10. The van der Waals surface area contributed by atoms with Crippen LogP contribution in [-0.4, -0.2) is 35.7 Å². The van der Waals surface area contributed by atoms with Crippen molar-refractivity contribution in [1.82, 2.24) is 5.32 Å². The van der Waals surface area contributed by atoms with Crippen molar-refractivity contribution in [2.45, 2.75) is 31.2 Å². The lowest BCUT2D eigenvalue weighted by Crippen LogP contribution is -2.60. The smallest absolute Gasteiger partial charge is 0.329 e. The summed E-state index contributed by atoms with van der Waals surface area (Å²) >= 11 is 0. The standard InChI is InChI=1S/C10H15NO4/c12-8(7-2-5-15-6-7)11-10(9(13)14)3-1-4-10/h7H,1-6H2,(H,11,12)(H,13,14). The fraction of sp³-hybridized carbons (Fsp3) is 0.800. The Hall–Kier alpha value is -1.10. The molecule has 84 valence electrons. The Balaban J connectivity index is 1.94. The fourth-order valence-electron chi connectivity index (χ4n) is 2.00.